The Bertz CT molecular complexity index is 693. The Morgan fingerprint density at radius 3 is 2.76 bits per heavy atom. The first kappa shape index (κ1) is 17.3. The molecule has 1 fully saturated rings. The van der Waals surface area contributed by atoms with Gasteiger partial charge >= 0.3 is 0 Å². The van der Waals surface area contributed by atoms with E-state index in [1.165, 1.54) is 0 Å². The lowest BCUT2D eigenvalue weighted by molar-refractivity contribution is 0.0679. The number of hydrogen-bond acceptors (Lipinski definition) is 4. The first-order valence-electron chi connectivity index (χ1n) is 8.50. The highest BCUT2D eigenvalue weighted by Gasteiger charge is 2.16. The Morgan fingerprint density at radius 1 is 1.20 bits per heavy atom. The number of carbonyl (C=O) groups excluding carboxylic acids is 1. The van der Waals surface area contributed by atoms with Crippen LogP contribution in [0.2, 0.25) is 0 Å². The summed E-state index contributed by atoms with van der Waals surface area (Å²) in [6.45, 7) is 1.83. The Kier molecular flexibility index (Phi) is 5.90. The Labute approximate surface area is 147 Å². The summed E-state index contributed by atoms with van der Waals surface area (Å²) in [4.78, 5) is 12.2. The molecule has 1 atom stereocenters. The van der Waals surface area contributed by atoms with Gasteiger partial charge in [-0.15, -0.1) is 0 Å². The van der Waals surface area contributed by atoms with Crippen LogP contribution < -0.4 is 14.8 Å². The fraction of sp³-hybridized carbons (Fsp3) is 0.350. The van der Waals surface area contributed by atoms with Crippen molar-refractivity contribution >= 4 is 5.91 Å². The van der Waals surface area contributed by atoms with Crippen molar-refractivity contribution in [2.75, 3.05) is 20.3 Å². The van der Waals surface area contributed by atoms with E-state index in [1.54, 1.807) is 19.2 Å². The van der Waals surface area contributed by atoms with Crippen molar-refractivity contribution < 1.29 is 19.0 Å². The van der Waals surface area contributed by atoms with Gasteiger partial charge < -0.3 is 19.5 Å². The standard InChI is InChI=1S/C20H23NO4/c1-23-18-5-2-4-15(12-18)13-21-20(22)16-7-9-17(10-8-16)25-14-19-6-3-11-24-19/h2,4-5,7-10,12,19H,3,6,11,13-14H2,1H3,(H,21,22). The second-order valence-corrected chi connectivity index (χ2v) is 6.00. The zero-order chi connectivity index (χ0) is 17.5. The molecule has 0 aromatic heterocycles. The molecule has 1 saturated heterocycles. The number of carbonyl (C=O) groups is 1. The van der Waals surface area contributed by atoms with Crippen LogP contribution >= 0.6 is 0 Å². The van der Waals surface area contributed by atoms with Crippen LogP contribution in [0, 0.1) is 0 Å². The minimum absolute atomic E-state index is 0.117. The molecule has 0 saturated carbocycles. The molecule has 3 rings (SSSR count). The third-order valence-corrected chi connectivity index (χ3v) is 4.16. The maximum Gasteiger partial charge on any atom is 0.251 e. The summed E-state index contributed by atoms with van der Waals surface area (Å²) in [5, 5.41) is 2.91. The minimum Gasteiger partial charge on any atom is -0.497 e. The van der Waals surface area contributed by atoms with Gasteiger partial charge in [-0.3, -0.25) is 4.79 Å². The molecule has 1 aliphatic heterocycles. The van der Waals surface area contributed by atoms with Crippen LogP contribution in [0.5, 0.6) is 11.5 Å². The van der Waals surface area contributed by atoms with Gasteiger partial charge in [0.1, 0.15) is 18.1 Å². The van der Waals surface area contributed by atoms with E-state index in [4.69, 9.17) is 14.2 Å². The summed E-state index contributed by atoms with van der Waals surface area (Å²) in [5.41, 5.74) is 1.59. The van der Waals surface area contributed by atoms with E-state index in [1.807, 2.05) is 36.4 Å². The van der Waals surface area contributed by atoms with Crippen molar-refractivity contribution in [3.8, 4) is 11.5 Å². The summed E-state index contributed by atoms with van der Waals surface area (Å²) in [6, 6.07) is 14.8. The van der Waals surface area contributed by atoms with Gasteiger partial charge in [-0.2, -0.15) is 0 Å². The van der Waals surface area contributed by atoms with Crippen molar-refractivity contribution in [2.24, 2.45) is 0 Å². The molecule has 2 aromatic rings. The average Bonchev–Trinajstić information content (AvgIpc) is 3.18. The van der Waals surface area contributed by atoms with Crippen LogP contribution in [0.3, 0.4) is 0 Å². The second kappa shape index (κ2) is 8.53. The summed E-state index contributed by atoms with van der Waals surface area (Å²) in [5.74, 6) is 1.41. The maximum absolute atomic E-state index is 12.2. The molecule has 0 spiro atoms. The molecule has 2 aromatic carbocycles. The molecule has 1 N–H and O–H groups in total. The number of nitrogens with one attached hydrogen (secondary N) is 1. The number of methoxy groups -OCH3 is 1. The zero-order valence-electron chi connectivity index (χ0n) is 14.4. The van der Waals surface area contributed by atoms with E-state index in [9.17, 15) is 4.79 Å². The highest BCUT2D eigenvalue weighted by Crippen LogP contribution is 2.17. The maximum atomic E-state index is 12.2. The average molecular weight is 341 g/mol. The molecule has 5 nitrogen and oxygen atoms in total. The first-order chi connectivity index (χ1) is 12.2. The molecule has 1 amide bonds. The van der Waals surface area contributed by atoms with E-state index in [-0.39, 0.29) is 12.0 Å². The summed E-state index contributed by atoms with van der Waals surface area (Å²) in [7, 11) is 1.63. The van der Waals surface area contributed by atoms with E-state index < -0.39 is 0 Å². The van der Waals surface area contributed by atoms with Gasteiger partial charge in [0.15, 0.2) is 0 Å². The van der Waals surface area contributed by atoms with E-state index in [0.29, 0.717) is 18.7 Å². The van der Waals surface area contributed by atoms with Crippen LogP contribution in [0.15, 0.2) is 48.5 Å². The third-order valence-electron chi connectivity index (χ3n) is 4.16. The molecule has 5 heteroatoms. The fourth-order valence-corrected chi connectivity index (χ4v) is 2.73. The fourth-order valence-electron chi connectivity index (χ4n) is 2.73. The van der Waals surface area contributed by atoms with Gasteiger partial charge in [0.05, 0.1) is 13.2 Å². The molecule has 1 aliphatic rings. The SMILES string of the molecule is COc1cccc(CNC(=O)c2ccc(OCC3CCCO3)cc2)c1. The molecule has 1 heterocycles. The summed E-state index contributed by atoms with van der Waals surface area (Å²) >= 11 is 0. The second-order valence-electron chi connectivity index (χ2n) is 6.00. The molecule has 1 unspecified atom stereocenters. The van der Waals surface area contributed by atoms with E-state index >= 15 is 0 Å². The summed E-state index contributed by atoms with van der Waals surface area (Å²) in [6.07, 6.45) is 2.33. The number of amides is 1. The van der Waals surface area contributed by atoms with Gasteiger partial charge in [-0.25, -0.2) is 0 Å². The third kappa shape index (κ3) is 4.97. The van der Waals surface area contributed by atoms with Gasteiger partial charge in [0, 0.05) is 18.7 Å². The summed E-state index contributed by atoms with van der Waals surface area (Å²) < 4.78 is 16.4. The normalized spacial score (nSPS) is 16.4. The van der Waals surface area contributed by atoms with Crippen LogP contribution in [0.1, 0.15) is 28.8 Å². The Balaban J connectivity index is 1.49. The molecule has 25 heavy (non-hydrogen) atoms. The number of rotatable bonds is 7. The smallest absolute Gasteiger partial charge is 0.251 e. The monoisotopic (exact) mass is 341 g/mol. The number of benzene rings is 2. The molecular formula is C20H23NO4. The molecular weight excluding hydrogens is 318 g/mol. The first-order valence-corrected chi connectivity index (χ1v) is 8.50. The zero-order valence-corrected chi connectivity index (χ0v) is 14.4. The lowest BCUT2D eigenvalue weighted by Gasteiger charge is -2.12. The Hall–Kier alpha value is -2.53. The number of hydrogen-bond donors (Lipinski definition) is 1. The predicted molar refractivity (Wildman–Crippen MR) is 95.1 cm³/mol. The lowest BCUT2D eigenvalue weighted by atomic mass is 10.2. The largest absolute Gasteiger partial charge is 0.497 e. The molecule has 0 aliphatic carbocycles. The lowest BCUT2D eigenvalue weighted by Crippen LogP contribution is -2.22. The van der Waals surface area contributed by atoms with Crippen molar-refractivity contribution in [2.45, 2.75) is 25.5 Å². The van der Waals surface area contributed by atoms with Gasteiger partial charge in [0.25, 0.3) is 5.91 Å². The van der Waals surface area contributed by atoms with Crippen molar-refractivity contribution in [1.29, 1.82) is 0 Å². The van der Waals surface area contributed by atoms with Crippen LogP contribution in [0.25, 0.3) is 0 Å². The van der Waals surface area contributed by atoms with Crippen LogP contribution in [-0.4, -0.2) is 32.3 Å². The van der Waals surface area contributed by atoms with Crippen molar-refractivity contribution in [3.63, 3.8) is 0 Å². The van der Waals surface area contributed by atoms with Crippen molar-refractivity contribution in [3.05, 3.63) is 59.7 Å². The van der Waals surface area contributed by atoms with Gasteiger partial charge in [-0.1, -0.05) is 12.1 Å². The topological polar surface area (TPSA) is 56.8 Å². The molecule has 0 radical (unpaired) electrons. The minimum atomic E-state index is -0.117. The van der Waals surface area contributed by atoms with Crippen molar-refractivity contribution in [1.82, 2.24) is 5.32 Å². The van der Waals surface area contributed by atoms with Gasteiger partial charge in [-0.05, 0) is 54.8 Å². The van der Waals surface area contributed by atoms with E-state index in [0.717, 1.165) is 36.5 Å². The molecule has 132 valence electrons. The molecule has 0 bridgehead atoms. The van der Waals surface area contributed by atoms with E-state index in [2.05, 4.69) is 5.32 Å². The van der Waals surface area contributed by atoms with Crippen LogP contribution in [-0.2, 0) is 11.3 Å². The highest BCUT2D eigenvalue weighted by molar-refractivity contribution is 5.94. The Morgan fingerprint density at radius 2 is 2.04 bits per heavy atom. The number of ether oxygens (including phenoxy) is 3. The van der Waals surface area contributed by atoms with Crippen LogP contribution in [0.4, 0.5) is 0 Å². The van der Waals surface area contributed by atoms with Gasteiger partial charge in [0.2, 0.25) is 0 Å². The highest BCUT2D eigenvalue weighted by atomic mass is 16.5. The quantitative estimate of drug-likeness (QED) is 0.840. The predicted octanol–water partition coefficient (Wildman–Crippen LogP) is 3.18.